The van der Waals surface area contributed by atoms with Crippen molar-refractivity contribution >= 4 is 15.6 Å². The molecule has 2 aromatic carbocycles. The van der Waals surface area contributed by atoms with E-state index in [1.807, 2.05) is 43.8 Å². The molecule has 5 nitrogen and oxygen atoms in total. The monoisotopic (exact) mass is 496 g/mol. The zero-order chi connectivity index (χ0) is 25.2. The van der Waals surface area contributed by atoms with Crippen molar-refractivity contribution in [3.63, 3.8) is 0 Å². The van der Waals surface area contributed by atoms with Crippen LogP contribution in [0.2, 0.25) is 0 Å². The second-order valence-corrected chi connectivity index (χ2v) is 12.0. The normalized spacial score (nSPS) is 19.4. The minimum absolute atomic E-state index is 0.0163. The van der Waals surface area contributed by atoms with Crippen molar-refractivity contribution in [2.75, 3.05) is 5.75 Å². The zero-order valence-electron chi connectivity index (χ0n) is 20.6. The van der Waals surface area contributed by atoms with E-state index in [4.69, 9.17) is 0 Å². The van der Waals surface area contributed by atoms with Gasteiger partial charge < -0.3 is 4.57 Å². The van der Waals surface area contributed by atoms with Crippen molar-refractivity contribution in [1.82, 2.24) is 9.55 Å². The number of imidazole rings is 1. The van der Waals surface area contributed by atoms with Gasteiger partial charge in [-0.2, -0.15) is 0 Å². The lowest BCUT2D eigenvalue weighted by Crippen LogP contribution is -2.26. The molecule has 0 saturated heterocycles. The van der Waals surface area contributed by atoms with E-state index < -0.39 is 9.84 Å². The summed E-state index contributed by atoms with van der Waals surface area (Å²) in [6.45, 7) is 3.92. The molecule has 0 radical (unpaired) electrons. The molecule has 1 fully saturated rings. The highest BCUT2D eigenvalue weighted by Gasteiger charge is 2.30. The summed E-state index contributed by atoms with van der Waals surface area (Å²) in [5, 5.41) is 0. The van der Waals surface area contributed by atoms with Crippen LogP contribution in [0.3, 0.4) is 0 Å². The number of hydrogen-bond donors (Lipinski definition) is 0. The molecule has 0 bridgehead atoms. The SMILES string of the molecule is Cc1cn(C)c(-c2ccc(S(=O)(=O)CC3CCC(C(=O)C[C@H](C)c4ccc(F)cc4)CC3)cc2)n1. The van der Waals surface area contributed by atoms with Gasteiger partial charge in [0.25, 0.3) is 0 Å². The first kappa shape index (κ1) is 25.3. The van der Waals surface area contributed by atoms with Crippen LogP contribution in [0, 0.1) is 24.6 Å². The highest BCUT2D eigenvalue weighted by Crippen LogP contribution is 2.34. The summed E-state index contributed by atoms with van der Waals surface area (Å²) in [4.78, 5) is 17.7. The second-order valence-electron chi connectivity index (χ2n) is 9.96. The molecule has 1 aliphatic rings. The fraction of sp³-hybridized carbons (Fsp3) is 0.429. The molecule has 0 unspecified atom stereocenters. The van der Waals surface area contributed by atoms with E-state index in [0.29, 0.717) is 11.3 Å². The summed E-state index contributed by atoms with van der Waals surface area (Å²) in [7, 11) is -1.48. The predicted molar refractivity (Wildman–Crippen MR) is 135 cm³/mol. The lowest BCUT2D eigenvalue weighted by atomic mass is 9.78. The number of nitrogens with zero attached hydrogens (tertiary/aromatic N) is 2. The van der Waals surface area contributed by atoms with Crippen molar-refractivity contribution in [2.24, 2.45) is 18.9 Å². The zero-order valence-corrected chi connectivity index (χ0v) is 21.4. The average Bonchev–Trinajstić information content (AvgIpc) is 3.17. The first-order valence-corrected chi connectivity index (χ1v) is 13.9. The van der Waals surface area contributed by atoms with Crippen LogP contribution in [0.25, 0.3) is 11.4 Å². The number of rotatable bonds is 8. The quantitative estimate of drug-likeness (QED) is 0.391. The minimum Gasteiger partial charge on any atom is -0.334 e. The maximum absolute atomic E-state index is 13.2. The molecule has 1 aromatic heterocycles. The highest BCUT2D eigenvalue weighted by molar-refractivity contribution is 7.91. The third kappa shape index (κ3) is 6.07. The fourth-order valence-corrected chi connectivity index (χ4v) is 6.83. The number of sulfone groups is 1. The Morgan fingerprint density at radius 2 is 1.69 bits per heavy atom. The van der Waals surface area contributed by atoms with Gasteiger partial charge in [0.15, 0.2) is 9.84 Å². The number of benzene rings is 2. The van der Waals surface area contributed by atoms with Gasteiger partial charge in [-0.15, -0.1) is 0 Å². The molecule has 186 valence electrons. The summed E-state index contributed by atoms with van der Waals surface area (Å²) in [6.07, 6.45) is 5.31. The summed E-state index contributed by atoms with van der Waals surface area (Å²) in [5.41, 5.74) is 2.76. The van der Waals surface area contributed by atoms with Gasteiger partial charge in [0, 0.05) is 31.1 Å². The topological polar surface area (TPSA) is 69.0 Å². The van der Waals surface area contributed by atoms with E-state index in [1.165, 1.54) is 12.1 Å². The van der Waals surface area contributed by atoms with Crippen LogP contribution >= 0.6 is 0 Å². The van der Waals surface area contributed by atoms with Crippen LogP contribution in [-0.2, 0) is 21.7 Å². The third-order valence-electron chi connectivity index (χ3n) is 7.17. The molecule has 0 amide bonds. The number of Topliss-reactive ketones (excluding diaryl/α,β-unsaturated/α-hetero) is 1. The molecule has 0 aliphatic heterocycles. The number of halogens is 1. The molecule has 3 aromatic rings. The summed E-state index contributed by atoms with van der Waals surface area (Å²) in [6, 6.07) is 13.3. The molecule has 4 rings (SSSR count). The lowest BCUT2D eigenvalue weighted by molar-refractivity contribution is -0.124. The van der Waals surface area contributed by atoms with Crippen LogP contribution in [0.4, 0.5) is 4.39 Å². The van der Waals surface area contributed by atoms with Gasteiger partial charge in [-0.05, 0) is 86.4 Å². The molecule has 35 heavy (non-hydrogen) atoms. The molecular weight excluding hydrogens is 463 g/mol. The average molecular weight is 497 g/mol. The molecule has 0 N–H and O–H groups in total. The van der Waals surface area contributed by atoms with Gasteiger partial charge in [-0.3, -0.25) is 4.79 Å². The van der Waals surface area contributed by atoms with Crippen LogP contribution in [0.1, 0.15) is 56.2 Å². The van der Waals surface area contributed by atoms with E-state index in [0.717, 1.165) is 48.3 Å². The third-order valence-corrected chi connectivity index (χ3v) is 9.07. The van der Waals surface area contributed by atoms with E-state index in [9.17, 15) is 17.6 Å². The minimum atomic E-state index is -3.40. The number of aromatic nitrogens is 2. The molecule has 1 atom stereocenters. The van der Waals surface area contributed by atoms with E-state index in [2.05, 4.69) is 4.98 Å². The van der Waals surface area contributed by atoms with E-state index in [-0.39, 0.29) is 35.1 Å². The number of carbonyl (C=O) groups is 1. The van der Waals surface area contributed by atoms with E-state index in [1.54, 1.807) is 24.3 Å². The molecular formula is C28H33FN2O3S. The van der Waals surface area contributed by atoms with Crippen molar-refractivity contribution in [2.45, 2.75) is 56.8 Å². The Kier molecular flexibility index (Phi) is 7.55. The number of ketones is 1. The fourth-order valence-electron chi connectivity index (χ4n) is 5.13. The van der Waals surface area contributed by atoms with Crippen molar-refractivity contribution < 1.29 is 17.6 Å². The molecule has 1 aliphatic carbocycles. The van der Waals surface area contributed by atoms with Gasteiger partial charge in [-0.25, -0.2) is 17.8 Å². The lowest BCUT2D eigenvalue weighted by Gasteiger charge is -2.28. The molecule has 0 spiro atoms. The Morgan fingerprint density at radius 1 is 1.06 bits per heavy atom. The number of aryl methyl sites for hydroxylation is 2. The first-order chi connectivity index (χ1) is 16.6. The first-order valence-electron chi connectivity index (χ1n) is 12.2. The molecule has 7 heteroatoms. The molecule has 1 heterocycles. The number of carbonyl (C=O) groups excluding carboxylic acids is 1. The van der Waals surface area contributed by atoms with Gasteiger partial charge in [0.05, 0.1) is 16.3 Å². The van der Waals surface area contributed by atoms with Gasteiger partial charge in [0.1, 0.15) is 17.4 Å². The van der Waals surface area contributed by atoms with Gasteiger partial charge in [-0.1, -0.05) is 19.1 Å². The van der Waals surface area contributed by atoms with Crippen molar-refractivity contribution in [3.8, 4) is 11.4 Å². The van der Waals surface area contributed by atoms with Gasteiger partial charge >= 0.3 is 0 Å². The summed E-state index contributed by atoms with van der Waals surface area (Å²) >= 11 is 0. The Morgan fingerprint density at radius 3 is 2.26 bits per heavy atom. The Hall–Kier alpha value is -2.80. The second kappa shape index (κ2) is 10.4. The van der Waals surface area contributed by atoms with Crippen LogP contribution in [0.15, 0.2) is 59.6 Å². The highest BCUT2D eigenvalue weighted by atomic mass is 32.2. The Bertz CT molecular complexity index is 1270. The van der Waals surface area contributed by atoms with Crippen LogP contribution in [0.5, 0.6) is 0 Å². The summed E-state index contributed by atoms with van der Waals surface area (Å²) < 4.78 is 41.2. The van der Waals surface area contributed by atoms with Crippen LogP contribution < -0.4 is 0 Å². The predicted octanol–water partition coefficient (Wildman–Crippen LogP) is 5.88. The Balaban J connectivity index is 1.31. The van der Waals surface area contributed by atoms with Crippen LogP contribution in [-0.4, -0.2) is 29.5 Å². The maximum Gasteiger partial charge on any atom is 0.178 e. The van der Waals surface area contributed by atoms with Gasteiger partial charge in [0.2, 0.25) is 0 Å². The van der Waals surface area contributed by atoms with Crippen molar-refractivity contribution in [3.05, 3.63) is 71.8 Å². The standard InChI is InChI=1S/C28H33FN2O3S/c1-19(22-8-12-25(29)13-9-22)16-27(32)23-6-4-21(5-7-23)18-35(33,34)26-14-10-24(11-15-26)28-30-20(2)17-31(28)3/h8-15,17,19,21,23H,4-7,16,18H2,1-3H3/t19-,21?,23?/m0/s1. The molecule has 1 saturated carbocycles. The Labute approximate surface area is 207 Å². The largest absolute Gasteiger partial charge is 0.334 e. The summed E-state index contributed by atoms with van der Waals surface area (Å²) in [5.74, 6) is 0.957. The number of hydrogen-bond acceptors (Lipinski definition) is 4. The van der Waals surface area contributed by atoms with Crippen molar-refractivity contribution in [1.29, 1.82) is 0 Å². The smallest absolute Gasteiger partial charge is 0.178 e. The van der Waals surface area contributed by atoms with E-state index >= 15 is 0 Å². The maximum atomic E-state index is 13.2.